The third kappa shape index (κ3) is 4.75. The van der Waals surface area contributed by atoms with E-state index in [0.29, 0.717) is 25.4 Å². The van der Waals surface area contributed by atoms with E-state index in [1.54, 1.807) is 19.2 Å². The molecule has 0 atom stereocenters. The highest BCUT2D eigenvalue weighted by molar-refractivity contribution is 7.89. The number of hydrogen-bond acceptors (Lipinski definition) is 5. The van der Waals surface area contributed by atoms with Crippen LogP contribution in [0.5, 0.6) is 5.75 Å². The van der Waals surface area contributed by atoms with Crippen molar-refractivity contribution >= 4 is 10.0 Å². The Balaban J connectivity index is 2.76. The number of hydrogen-bond donors (Lipinski definition) is 2. The van der Waals surface area contributed by atoms with Crippen LogP contribution in [0.2, 0.25) is 0 Å². The lowest BCUT2D eigenvalue weighted by molar-refractivity contribution is 0.193. The number of nitrogens with two attached hydrogens (primary N) is 1. The maximum atomic E-state index is 12.2. The van der Waals surface area contributed by atoms with Gasteiger partial charge in [-0.25, -0.2) is 13.1 Å². The lowest BCUT2D eigenvalue weighted by Crippen LogP contribution is -2.25. The first kappa shape index (κ1) is 16.9. The Kier molecular flexibility index (Phi) is 6.94. The predicted molar refractivity (Wildman–Crippen MR) is 77.2 cm³/mol. The van der Waals surface area contributed by atoms with Gasteiger partial charge >= 0.3 is 0 Å². The van der Waals surface area contributed by atoms with Crippen LogP contribution in [-0.4, -0.2) is 35.8 Å². The predicted octanol–water partition coefficient (Wildman–Crippen LogP) is 0.859. The molecule has 0 aliphatic carbocycles. The summed E-state index contributed by atoms with van der Waals surface area (Å²) in [4.78, 5) is 0.129. The molecule has 0 saturated heterocycles. The number of sulfonamides is 1. The fraction of sp³-hybridized carbons (Fsp3) is 0.538. The van der Waals surface area contributed by atoms with Crippen LogP contribution in [-0.2, 0) is 21.3 Å². The summed E-state index contributed by atoms with van der Waals surface area (Å²) in [6, 6.07) is 4.83. The molecular formula is C13H22N2O4S. The molecule has 7 heteroatoms. The van der Waals surface area contributed by atoms with Gasteiger partial charge in [-0.15, -0.1) is 0 Å². The van der Waals surface area contributed by atoms with Gasteiger partial charge in [0.2, 0.25) is 10.0 Å². The van der Waals surface area contributed by atoms with Crippen molar-refractivity contribution < 1.29 is 17.9 Å². The summed E-state index contributed by atoms with van der Waals surface area (Å²) >= 11 is 0. The molecule has 1 aromatic rings. The molecule has 0 heterocycles. The average Bonchev–Trinajstić information content (AvgIpc) is 2.46. The minimum Gasteiger partial charge on any atom is -0.495 e. The van der Waals surface area contributed by atoms with E-state index in [1.807, 2.05) is 0 Å². The van der Waals surface area contributed by atoms with Crippen LogP contribution < -0.4 is 15.2 Å². The summed E-state index contributed by atoms with van der Waals surface area (Å²) in [6.45, 7) is 1.32. The molecule has 20 heavy (non-hydrogen) atoms. The van der Waals surface area contributed by atoms with Crippen molar-refractivity contribution in [3.8, 4) is 5.75 Å². The summed E-state index contributed by atoms with van der Waals surface area (Å²) < 4.78 is 37.0. The van der Waals surface area contributed by atoms with Crippen molar-refractivity contribution in [2.75, 3.05) is 27.4 Å². The molecule has 0 bridgehead atoms. The highest BCUT2D eigenvalue weighted by Crippen LogP contribution is 2.24. The maximum absolute atomic E-state index is 12.2. The number of benzene rings is 1. The van der Waals surface area contributed by atoms with Gasteiger partial charge < -0.3 is 15.2 Å². The number of ether oxygens (including phenoxy) is 2. The number of unbranched alkanes of at least 4 members (excludes halogenated alkanes) is 1. The SMILES string of the molecule is COCCCCNS(=O)(=O)c1ccc(CN)cc1OC. The standard InChI is InChI=1S/C13H22N2O4S/c1-18-8-4-3-7-15-20(16,17)13-6-5-11(10-14)9-12(13)19-2/h5-6,9,15H,3-4,7-8,10,14H2,1-2H3. The zero-order valence-corrected chi connectivity index (χ0v) is 12.7. The van der Waals surface area contributed by atoms with Crippen LogP contribution in [0.4, 0.5) is 0 Å². The second-order valence-electron chi connectivity index (χ2n) is 4.29. The van der Waals surface area contributed by atoms with Crippen LogP contribution in [0.1, 0.15) is 18.4 Å². The van der Waals surface area contributed by atoms with Gasteiger partial charge in [0.05, 0.1) is 7.11 Å². The average molecular weight is 302 g/mol. The highest BCUT2D eigenvalue weighted by Gasteiger charge is 2.18. The molecule has 0 aromatic heterocycles. The minimum absolute atomic E-state index is 0.129. The normalized spacial score (nSPS) is 11.6. The zero-order chi connectivity index (χ0) is 15.0. The summed E-state index contributed by atoms with van der Waals surface area (Å²) in [5, 5.41) is 0. The van der Waals surface area contributed by atoms with Gasteiger partial charge in [0.15, 0.2) is 0 Å². The van der Waals surface area contributed by atoms with Crippen LogP contribution >= 0.6 is 0 Å². The van der Waals surface area contributed by atoms with Gasteiger partial charge in [-0.05, 0) is 30.5 Å². The van der Waals surface area contributed by atoms with Crippen molar-refractivity contribution in [2.45, 2.75) is 24.3 Å². The van der Waals surface area contributed by atoms with E-state index >= 15 is 0 Å². The van der Waals surface area contributed by atoms with Gasteiger partial charge in [0.25, 0.3) is 0 Å². The smallest absolute Gasteiger partial charge is 0.244 e. The van der Waals surface area contributed by atoms with Gasteiger partial charge in [-0.3, -0.25) is 0 Å². The van der Waals surface area contributed by atoms with Crippen molar-refractivity contribution in [3.05, 3.63) is 23.8 Å². The molecule has 0 radical (unpaired) electrons. The largest absolute Gasteiger partial charge is 0.495 e. The van der Waals surface area contributed by atoms with Crippen LogP contribution in [0.15, 0.2) is 23.1 Å². The topological polar surface area (TPSA) is 90.7 Å². The molecule has 0 saturated carbocycles. The Hall–Kier alpha value is -1.15. The Morgan fingerprint density at radius 1 is 1.25 bits per heavy atom. The first-order valence-corrected chi connectivity index (χ1v) is 7.89. The van der Waals surface area contributed by atoms with E-state index in [4.69, 9.17) is 15.2 Å². The van der Waals surface area contributed by atoms with E-state index in [2.05, 4.69) is 4.72 Å². The van der Waals surface area contributed by atoms with E-state index in [1.165, 1.54) is 13.2 Å². The first-order valence-electron chi connectivity index (χ1n) is 6.40. The summed E-state index contributed by atoms with van der Waals surface area (Å²) in [7, 11) is -0.515. The second-order valence-corrected chi connectivity index (χ2v) is 6.02. The lowest BCUT2D eigenvalue weighted by atomic mass is 10.2. The molecule has 114 valence electrons. The summed E-state index contributed by atoms with van der Waals surface area (Å²) in [5.41, 5.74) is 6.35. The van der Waals surface area contributed by atoms with Crippen molar-refractivity contribution in [1.82, 2.24) is 4.72 Å². The van der Waals surface area contributed by atoms with Gasteiger partial charge in [-0.1, -0.05) is 6.07 Å². The minimum atomic E-state index is -3.57. The number of methoxy groups -OCH3 is 2. The number of rotatable bonds is 9. The van der Waals surface area contributed by atoms with Crippen molar-refractivity contribution in [3.63, 3.8) is 0 Å². The van der Waals surface area contributed by atoms with Gasteiger partial charge in [0, 0.05) is 26.8 Å². The fourth-order valence-electron chi connectivity index (χ4n) is 1.72. The summed E-state index contributed by atoms with van der Waals surface area (Å²) in [6.07, 6.45) is 1.53. The van der Waals surface area contributed by atoms with Crippen LogP contribution in [0.25, 0.3) is 0 Å². The highest BCUT2D eigenvalue weighted by atomic mass is 32.2. The Bertz CT molecular complexity index is 517. The van der Waals surface area contributed by atoms with E-state index in [9.17, 15) is 8.42 Å². The maximum Gasteiger partial charge on any atom is 0.244 e. The molecule has 3 N–H and O–H groups in total. The second kappa shape index (κ2) is 8.21. The molecular weight excluding hydrogens is 280 g/mol. The quantitative estimate of drug-likeness (QED) is 0.660. The van der Waals surface area contributed by atoms with Crippen molar-refractivity contribution in [1.29, 1.82) is 0 Å². The molecule has 0 fully saturated rings. The molecule has 0 amide bonds. The molecule has 1 aromatic carbocycles. The Labute approximate surface area is 120 Å². The monoisotopic (exact) mass is 302 g/mol. The summed E-state index contributed by atoms with van der Waals surface area (Å²) in [5.74, 6) is 0.303. The number of nitrogens with one attached hydrogen (secondary N) is 1. The van der Waals surface area contributed by atoms with E-state index < -0.39 is 10.0 Å². The molecule has 1 rings (SSSR count). The Morgan fingerprint density at radius 3 is 2.60 bits per heavy atom. The van der Waals surface area contributed by atoms with Crippen LogP contribution in [0, 0.1) is 0 Å². The molecule has 0 aliphatic rings. The van der Waals surface area contributed by atoms with E-state index in [-0.39, 0.29) is 4.90 Å². The molecule has 0 spiro atoms. The molecule has 6 nitrogen and oxygen atoms in total. The van der Waals surface area contributed by atoms with E-state index in [0.717, 1.165) is 18.4 Å². The molecule has 0 unspecified atom stereocenters. The third-order valence-electron chi connectivity index (χ3n) is 2.82. The van der Waals surface area contributed by atoms with Gasteiger partial charge in [-0.2, -0.15) is 0 Å². The lowest BCUT2D eigenvalue weighted by Gasteiger charge is -2.11. The first-order chi connectivity index (χ1) is 9.55. The fourth-order valence-corrected chi connectivity index (χ4v) is 2.94. The van der Waals surface area contributed by atoms with Crippen LogP contribution in [0.3, 0.4) is 0 Å². The Morgan fingerprint density at radius 2 is 2.00 bits per heavy atom. The van der Waals surface area contributed by atoms with Crippen molar-refractivity contribution in [2.24, 2.45) is 5.73 Å². The molecule has 0 aliphatic heterocycles. The van der Waals surface area contributed by atoms with Gasteiger partial charge in [0.1, 0.15) is 10.6 Å². The third-order valence-corrected chi connectivity index (χ3v) is 4.32. The zero-order valence-electron chi connectivity index (χ0n) is 11.9.